The van der Waals surface area contributed by atoms with Gasteiger partial charge >= 0.3 is 0 Å². The van der Waals surface area contributed by atoms with E-state index in [-0.39, 0.29) is 17.0 Å². The molecule has 0 aliphatic rings. The van der Waals surface area contributed by atoms with Crippen LogP contribution in [0.25, 0.3) is 5.69 Å². The van der Waals surface area contributed by atoms with E-state index in [9.17, 15) is 9.18 Å². The predicted molar refractivity (Wildman–Crippen MR) is 99.6 cm³/mol. The Labute approximate surface area is 155 Å². The molecule has 2 aromatic carbocycles. The molecule has 0 aliphatic carbocycles. The van der Waals surface area contributed by atoms with Gasteiger partial charge in [0.05, 0.1) is 10.9 Å². The maximum Gasteiger partial charge on any atom is 0.235 e. The Balaban J connectivity index is 1.70. The third-order valence-corrected chi connectivity index (χ3v) is 4.94. The lowest BCUT2D eigenvalue weighted by Crippen LogP contribution is -2.32. The maximum absolute atomic E-state index is 14.0. The van der Waals surface area contributed by atoms with E-state index >= 15 is 0 Å². The molecule has 1 amide bonds. The molecule has 134 valence electrons. The van der Waals surface area contributed by atoms with Gasteiger partial charge in [-0.05, 0) is 24.6 Å². The summed E-state index contributed by atoms with van der Waals surface area (Å²) in [5.74, 6) is -0.392. The Morgan fingerprint density at radius 1 is 1.19 bits per heavy atom. The van der Waals surface area contributed by atoms with Gasteiger partial charge in [0.15, 0.2) is 5.16 Å². The Bertz CT molecular complexity index is 884. The molecule has 0 saturated heterocycles. The van der Waals surface area contributed by atoms with Crippen LogP contribution in [0.15, 0.2) is 66.1 Å². The summed E-state index contributed by atoms with van der Waals surface area (Å²) in [6.45, 7) is 2.35. The minimum Gasteiger partial charge on any atom is -0.340 e. The third kappa shape index (κ3) is 4.11. The number of carbonyl (C=O) groups excluding carboxylic acids is 1. The van der Waals surface area contributed by atoms with Gasteiger partial charge in [0, 0.05) is 13.6 Å². The summed E-state index contributed by atoms with van der Waals surface area (Å²) in [7, 11) is 1.77. The summed E-state index contributed by atoms with van der Waals surface area (Å²) in [4.78, 5) is 14.3. The number of hydrogen-bond donors (Lipinski definition) is 0. The summed E-state index contributed by atoms with van der Waals surface area (Å²) in [5.41, 5.74) is 1.42. The van der Waals surface area contributed by atoms with Gasteiger partial charge in [0.1, 0.15) is 12.1 Å². The summed E-state index contributed by atoms with van der Waals surface area (Å²) in [6, 6.07) is 16.2. The van der Waals surface area contributed by atoms with Crippen molar-refractivity contribution >= 4 is 17.7 Å². The monoisotopic (exact) mass is 370 g/mol. The first-order chi connectivity index (χ1) is 12.6. The van der Waals surface area contributed by atoms with Crippen molar-refractivity contribution < 1.29 is 9.18 Å². The number of halogens is 1. The fourth-order valence-electron chi connectivity index (χ4n) is 2.57. The second-order valence-electron chi connectivity index (χ2n) is 5.87. The Morgan fingerprint density at radius 2 is 1.88 bits per heavy atom. The van der Waals surface area contributed by atoms with E-state index in [2.05, 4.69) is 10.2 Å². The lowest BCUT2D eigenvalue weighted by molar-refractivity contribution is -0.129. The largest absolute Gasteiger partial charge is 0.340 e. The number of amides is 1. The molecule has 26 heavy (non-hydrogen) atoms. The van der Waals surface area contributed by atoms with Crippen LogP contribution in [0.3, 0.4) is 0 Å². The first kappa shape index (κ1) is 18.1. The van der Waals surface area contributed by atoms with Crippen LogP contribution in [0.1, 0.15) is 12.5 Å². The molecule has 0 fully saturated rings. The van der Waals surface area contributed by atoms with Gasteiger partial charge in [-0.25, -0.2) is 4.39 Å². The molecular formula is C19H19FN4OS. The van der Waals surface area contributed by atoms with E-state index in [4.69, 9.17) is 0 Å². The Morgan fingerprint density at radius 3 is 2.62 bits per heavy atom. The summed E-state index contributed by atoms with van der Waals surface area (Å²) < 4.78 is 15.6. The molecular weight excluding hydrogens is 351 g/mol. The second-order valence-corrected chi connectivity index (χ2v) is 7.18. The van der Waals surface area contributed by atoms with Gasteiger partial charge in [-0.3, -0.25) is 9.36 Å². The number of thioether (sulfide) groups is 1. The molecule has 0 radical (unpaired) electrons. The average molecular weight is 370 g/mol. The standard InChI is InChI=1S/C19H19FN4OS/c1-14(18(25)23(2)12-15-8-4-3-5-9-15)26-19-22-21-13-24(19)17-11-7-6-10-16(17)20/h3-11,13-14H,12H2,1-2H3/t14-/m1/s1. The molecule has 0 N–H and O–H groups in total. The van der Waals surface area contributed by atoms with E-state index in [0.29, 0.717) is 17.4 Å². The molecule has 0 unspecified atom stereocenters. The number of aromatic nitrogens is 3. The lowest BCUT2D eigenvalue weighted by atomic mass is 10.2. The van der Waals surface area contributed by atoms with E-state index in [0.717, 1.165) is 5.56 Å². The fraction of sp³-hybridized carbons (Fsp3) is 0.211. The van der Waals surface area contributed by atoms with E-state index < -0.39 is 0 Å². The van der Waals surface area contributed by atoms with Crippen molar-refractivity contribution in [3.63, 3.8) is 0 Å². The molecule has 3 rings (SSSR count). The van der Waals surface area contributed by atoms with Crippen LogP contribution in [0.4, 0.5) is 4.39 Å². The molecule has 0 saturated carbocycles. The zero-order chi connectivity index (χ0) is 18.5. The number of para-hydroxylation sites is 1. The van der Waals surface area contributed by atoms with Gasteiger partial charge in [0.2, 0.25) is 5.91 Å². The van der Waals surface area contributed by atoms with Gasteiger partial charge in [-0.1, -0.05) is 54.2 Å². The van der Waals surface area contributed by atoms with Crippen molar-refractivity contribution in [2.75, 3.05) is 7.05 Å². The first-order valence-corrected chi connectivity index (χ1v) is 9.04. The molecule has 1 atom stereocenters. The number of rotatable bonds is 6. The Hall–Kier alpha value is -2.67. The molecule has 5 nitrogen and oxygen atoms in total. The SMILES string of the molecule is C[C@@H](Sc1nncn1-c1ccccc1F)C(=O)N(C)Cc1ccccc1. The first-order valence-electron chi connectivity index (χ1n) is 8.16. The average Bonchev–Trinajstić information content (AvgIpc) is 3.10. The molecule has 1 heterocycles. The van der Waals surface area contributed by atoms with E-state index in [1.165, 1.54) is 24.2 Å². The molecule has 1 aromatic heterocycles. The highest BCUT2D eigenvalue weighted by molar-refractivity contribution is 8.00. The molecule has 0 bridgehead atoms. The summed E-state index contributed by atoms with van der Waals surface area (Å²) in [5, 5.41) is 8.00. The fourth-order valence-corrected chi connectivity index (χ4v) is 3.52. The van der Waals surface area contributed by atoms with E-state index in [1.54, 1.807) is 34.7 Å². The molecule has 0 spiro atoms. The van der Waals surface area contributed by atoms with Crippen molar-refractivity contribution in [1.29, 1.82) is 0 Å². The van der Waals surface area contributed by atoms with Crippen LogP contribution in [-0.2, 0) is 11.3 Å². The third-order valence-electron chi connectivity index (χ3n) is 3.90. The quantitative estimate of drug-likeness (QED) is 0.623. The maximum atomic E-state index is 14.0. The number of benzene rings is 2. The van der Waals surface area contributed by atoms with Crippen molar-refractivity contribution in [3.05, 3.63) is 72.3 Å². The normalized spacial score (nSPS) is 12.0. The van der Waals surface area contributed by atoms with Crippen LogP contribution >= 0.6 is 11.8 Å². The number of carbonyl (C=O) groups is 1. The van der Waals surface area contributed by atoms with Gasteiger partial charge < -0.3 is 4.90 Å². The minimum absolute atomic E-state index is 0.0260. The zero-order valence-electron chi connectivity index (χ0n) is 14.5. The van der Waals surface area contributed by atoms with Crippen LogP contribution < -0.4 is 0 Å². The zero-order valence-corrected chi connectivity index (χ0v) is 15.4. The highest BCUT2D eigenvalue weighted by Gasteiger charge is 2.22. The molecule has 3 aromatic rings. The molecule has 7 heteroatoms. The number of hydrogen-bond acceptors (Lipinski definition) is 4. The second kappa shape index (κ2) is 8.14. The van der Waals surface area contributed by atoms with Crippen molar-refractivity contribution in [2.24, 2.45) is 0 Å². The molecule has 0 aliphatic heterocycles. The van der Waals surface area contributed by atoms with Crippen LogP contribution in [0.5, 0.6) is 0 Å². The minimum atomic E-state index is -0.376. The highest BCUT2D eigenvalue weighted by atomic mass is 32.2. The summed E-state index contributed by atoms with van der Waals surface area (Å²) >= 11 is 1.26. The van der Waals surface area contributed by atoms with E-state index in [1.807, 2.05) is 37.3 Å². The van der Waals surface area contributed by atoms with Crippen LogP contribution in [0, 0.1) is 5.82 Å². The van der Waals surface area contributed by atoms with Crippen molar-refractivity contribution in [2.45, 2.75) is 23.9 Å². The van der Waals surface area contributed by atoms with Crippen molar-refractivity contribution in [3.8, 4) is 5.69 Å². The highest BCUT2D eigenvalue weighted by Crippen LogP contribution is 2.26. The van der Waals surface area contributed by atoms with Crippen LogP contribution in [-0.4, -0.2) is 37.9 Å². The van der Waals surface area contributed by atoms with Gasteiger partial charge in [0.25, 0.3) is 0 Å². The predicted octanol–water partition coefficient (Wildman–Crippen LogP) is 3.55. The van der Waals surface area contributed by atoms with Gasteiger partial charge in [-0.2, -0.15) is 0 Å². The number of nitrogens with zero attached hydrogens (tertiary/aromatic N) is 4. The topological polar surface area (TPSA) is 51.0 Å². The Kier molecular flexibility index (Phi) is 5.68. The van der Waals surface area contributed by atoms with Crippen molar-refractivity contribution in [1.82, 2.24) is 19.7 Å². The summed E-state index contributed by atoms with van der Waals surface area (Å²) in [6.07, 6.45) is 1.45. The van der Waals surface area contributed by atoms with Gasteiger partial charge in [-0.15, -0.1) is 10.2 Å². The lowest BCUT2D eigenvalue weighted by Gasteiger charge is -2.21. The van der Waals surface area contributed by atoms with Crippen LogP contribution in [0.2, 0.25) is 0 Å². The smallest absolute Gasteiger partial charge is 0.235 e.